The first-order valence-electron chi connectivity index (χ1n) is 5.09. The van der Waals surface area contributed by atoms with Crippen LogP contribution in [0.5, 0.6) is 0 Å². The third-order valence-corrected chi connectivity index (χ3v) is 3.23. The molecule has 0 heterocycles. The third-order valence-electron chi connectivity index (χ3n) is 3.23. The summed E-state index contributed by atoms with van der Waals surface area (Å²) in [5, 5.41) is 0. The minimum atomic E-state index is 0.133. The van der Waals surface area contributed by atoms with E-state index in [1.807, 2.05) is 6.08 Å². The zero-order chi connectivity index (χ0) is 10.5. The van der Waals surface area contributed by atoms with Crippen LogP contribution in [0, 0.1) is 0 Å². The van der Waals surface area contributed by atoms with Gasteiger partial charge in [-0.2, -0.15) is 0 Å². The molecule has 0 radical (unpaired) electrons. The highest BCUT2D eigenvalue weighted by Crippen LogP contribution is 2.26. The molecule has 2 nitrogen and oxygen atoms in total. The zero-order valence-electron chi connectivity index (χ0n) is 9.51. The van der Waals surface area contributed by atoms with Crippen molar-refractivity contribution in [3.63, 3.8) is 0 Å². The lowest BCUT2D eigenvalue weighted by atomic mass is 9.82. The summed E-state index contributed by atoms with van der Waals surface area (Å²) in [6, 6.07) is 0.190. The average molecular weight is 184 g/mol. The minimum Gasteiger partial charge on any atom is -0.326 e. The van der Waals surface area contributed by atoms with Crippen molar-refractivity contribution in [3.05, 3.63) is 12.7 Å². The van der Waals surface area contributed by atoms with E-state index in [0.29, 0.717) is 0 Å². The number of hydrogen-bond acceptors (Lipinski definition) is 2. The maximum absolute atomic E-state index is 6.17. The van der Waals surface area contributed by atoms with E-state index in [4.69, 9.17) is 5.73 Å². The first kappa shape index (κ1) is 12.7. The summed E-state index contributed by atoms with van der Waals surface area (Å²) in [5.41, 5.74) is 6.31. The lowest BCUT2D eigenvalue weighted by Gasteiger charge is -2.43. The normalized spacial score (nSPS) is 14.6. The zero-order valence-corrected chi connectivity index (χ0v) is 9.51. The summed E-state index contributed by atoms with van der Waals surface area (Å²) in [4.78, 5) is 2.25. The average Bonchev–Trinajstić information content (AvgIpc) is 2.07. The monoisotopic (exact) mass is 184 g/mol. The summed E-state index contributed by atoms with van der Waals surface area (Å²) < 4.78 is 0. The molecule has 2 heteroatoms. The van der Waals surface area contributed by atoms with Gasteiger partial charge in [-0.15, -0.1) is 6.58 Å². The summed E-state index contributed by atoms with van der Waals surface area (Å²) >= 11 is 0. The molecule has 0 aromatic heterocycles. The Bertz CT molecular complexity index is 148. The molecule has 1 atom stereocenters. The van der Waals surface area contributed by atoms with Crippen molar-refractivity contribution in [3.8, 4) is 0 Å². The minimum absolute atomic E-state index is 0.133. The fraction of sp³-hybridized carbons (Fsp3) is 0.818. The standard InChI is InChI=1S/C11H24N2/c1-6-9-10(12)11(7-2,8-3)13(4)5/h6,10H,1,7-9,12H2,2-5H3. The quantitative estimate of drug-likeness (QED) is 0.640. The second-order valence-corrected chi connectivity index (χ2v) is 3.84. The Labute approximate surface area is 82.8 Å². The van der Waals surface area contributed by atoms with Crippen molar-refractivity contribution in [2.45, 2.75) is 44.7 Å². The first-order chi connectivity index (χ1) is 6.05. The van der Waals surface area contributed by atoms with Gasteiger partial charge in [0.15, 0.2) is 0 Å². The smallest absolute Gasteiger partial charge is 0.0352 e. The van der Waals surface area contributed by atoms with E-state index in [1.54, 1.807) is 0 Å². The van der Waals surface area contributed by atoms with Crippen LogP contribution in [0.15, 0.2) is 12.7 Å². The number of nitrogens with two attached hydrogens (primary N) is 1. The van der Waals surface area contributed by atoms with Crippen LogP contribution in [0.25, 0.3) is 0 Å². The lowest BCUT2D eigenvalue weighted by Crippen LogP contribution is -2.56. The van der Waals surface area contributed by atoms with Gasteiger partial charge in [0.05, 0.1) is 0 Å². The number of likely N-dealkylation sites (N-methyl/N-ethyl adjacent to an activating group) is 1. The molecule has 0 aliphatic heterocycles. The molecule has 0 saturated heterocycles. The Kier molecular flexibility index (Phi) is 5.26. The maximum Gasteiger partial charge on any atom is 0.0352 e. The van der Waals surface area contributed by atoms with E-state index >= 15 is 0 Å². The summed E-state index contributed by atoms with van der Waals surface area (Å²) in [6.45, 7) is 8.15. The molecule has 0 aliphatic rings. The van der Waals surface area contributed by atoms with Crippen molar-refractivity contribution in [2.24, 2.45) is 5.73 Å². The second-order valence-electron chi connectivity index (χ2n) is 3.84. The van der Waals surface area contributed by atoms with Gasteiger partial charge in [-0.25, -0.2) is 0 Å². The SMILES string of the molecule is C=CCC(N)C(CC)(CC)N(C)C. The van der Waals surface area contributed by atoms with Gasteiger partial charge in [0.25, 0.3) is 0 Å². The Hall–Kier alpha value is -0.340. The van der Waals surface area contributed by atoms with Crippen molar-refractivity contribution in [1.82, 2.24) is 4.90 Å². The van der Waals surface area contributed by atoms with Crippen LogP contribution in [0.2, 0.25) is 0 Å². The fourth-order valence-electron chi connectivity index (χ4n) is 2.14. The van der Waals surface area contributed by atoms with Gasteiger partial charge >= 0.3 is 0 Å². The largest absolute Gasteiger partial charge is 0.326 e. The molecule has 13 heavy (non-hydrogen) atoms. The Balaban J connectivity index is 4.63. The second kappa shape index (κ2) is 5.40. The lowest BCUT2D eigenvalue weighted by molar-refractivity contribution is 0.107. The third kappa shape index (κ3) is 2.55. The highest BCUT2D eigenvalue weighted by molar-refractivity contribution is 4.97. The van der Waals surface area contributed by atoms with Crippen molar-refractivity contribution in [2.75, 3.05) is 14.1 Å². The molecule has 0 amide bonds. The van der Waals surface area contributed by atoms with Gasteiger partial charge < -0.3 is 10.6 Å². The number of rotatable bonds is 6. The van der Waals surface area contributed by atoms with Gasteiger partial charge in [0, 0.05) is 11.6 Å². The topological polar surface area (TPSA) is 29.3 Å². The molecule has 0 bridgehead atoms. The van der Waals surface area contributed by atoms with Crippen LogP contribution in [-0.2, 0) is 0 Å². The highest BCUT2D eigenvalue weighted by Gasteiger charge is 2.34. The molecule has 0 fully saturated rings. The Morgan fingerprint density at radius 3 is 2.08 bits per heavy atom. The number of hydrogen-bond donors (Lipinski definition) is 1. The summed E-state index contributed by atoms with van der Waals surface area (Å²) in [6.07, 6.45) is 4.98. The van der Waals surface area contributed by atoms with Crippen molar-refractivity contribution >= 4 is 0 Å². The molecule has 0 aliphatic carbocycles. The molecule has 0 spiro atoms. The summed E-state index contributed by atoms with van der Waals surface area (Å²) in [5.74, 6) is 0. The van der Waals surface area contributed by atoms with E-state index < -0.39 is 0 Å². The van der Waals surface area contributed by atoms with Crippen LogP contribution in [0.1, 0.15) is 33.1 Å². The van der Waals surface area contributed by atoms with E-state index in [9.17, 15) is 0 Å². The van der Waals surface area contributed by atoms with Crippen LogP contribution in [0.3, 0.4) is 0 Å². The van der Waals surface area contributed by atoms with E-state index in [2.05, 4.69) is 39.4 Å². The summed E-state index contributed by atoms with van der Waals surface area (Å²) in [7, 11) is 4.21. The van der Waals surface area contributed by atoms with Gasteiger partial charge in [0.1, 0.15) is 0 Å². The van der Waals surface area contributed by atoms with Gasteiger partial charge in [-0.05, 0) is 33.4 Å². The number of nitrogens with zero attached hydrogens (tertiary/aromatic N) is 1. The van der Waals surface area contributed by atoms with Crippen LogP contribution in [-0.4, -0.2) is 30.6 Å². The molecule has 2 N–H and O–H groups in total. The Morgan fingerprint density at radius 1 is 1.38 bits per heavy atom. The van der Waals surface area contributed by atoms with E-state index in [0.717, 1.165) is 19.3 Å². The van der Waals surface area contributed by atoms with Gasteiger partial charge in [0.2, 0.25) is 0 Å². The fourth-order valence-corrected chi connectivity index (χ4v) is 2.14. The van der Waals surface area contributed by atoms with Gasteiger partial charge in [-0.3, -0.25) is 0 Å². The maximum atomic E-state index is 6.17. The van der Waals surface area contributed by atoms with E-state index in [1.165, 1.54) is 0 Å². The Morgan fingerprint density at radius 2 is 1.85 bits per heavy atom. The van der Waals surface area contributed by atoms with Crippen LogP contribution < -0.4 is 5.73 Å². The van der Waals surface area contributed by atoms with Gasteiger partial charge in [-0.1, -0.05) is 19.9 Å². The molecule has 0 aromatic rings. The highest BCUT2D eigenvalue weighted by atomic mass is 15.2. The van der Waals surface area contributed by atoms with Crippen LogP contribution in [0.4, 0.5) is 0 Å². The van der Waals surface area contributed by atoms with Crippen molar-refractivity contribution in [1.29, 1.82) is 0 Å². The van der Waals surface area contributed by atoms with Crippen LogP contribution >= 0.6 is 0 Å². The van der Waals surface area contributed by atoms with Crippen molar-refractivity contribution < 1.29 is 0 Å². The van der Waals surface area contributed by atoms with E-state index in [-0.39, 0.29) is 11.6 Å². The molecular formula is C11H24N2. The molecule has 0 saturated carbocycles. The first-order valence-corrected chi connectivity index (χ1v) is 5.09. The predicted octanol–water partition coefficient (Wildman–Crippen LogP) is 2.01. The molecular weight excluding hydrogens is 160 g/mol. The molecule has 0 rings (SSSR count). The predicted molar refractivity (Wildman–Crippen MR) is 59.8 cm³/mol. The molecule has 78 valence electrons. The molecule has 1 unspecified atom stereocenters. The molecule has 0 aromatic carbocycles.